The maximum Gasteiger partial charge on any atom is 0.225 e. The van der Waals surface area contributed by atoms with Gasteiger partial charge >= 0.3 is 0 Å². The van der Waals surface area contributed by atoms with Gasteiger partial charge in [-0.3, -0.25) is 4.79 Å². The molecular formula is C21H23N3O2. The number of rotatable bonds is 7. The molecule has 5 nitrogen and oxygen atoms in total. The molecule has 1 heterocycles. The van der Waals surface area contributed by atoms with Gasteiger partial charge in [-0.25, -0.2) is 4.98 Å². The minimum atomic E-state index is -0.158. The number of imidazole rings is 1. The van der Waals surface area contributed by atoms with E-state index in [0.29, 0.717) is 0 Å². The predicted octanol–water partition coefficient (Wildman–Crippen LogP) is 3.90. The number of H-pyrrole nitrogens is 1. The molecule has 26 heavy (non-hydrogen) atoms. The molecule has 0 aliphatic rings. The zero-order valence-corrected chi connectivity index (χ0v) is 15.0. The van der Waals surface area contributed by atoms with Gasteiger partial charge in [0.15, 0.2) is 0 Å². The first-order valence-corrected chi connectivity index (χ1v) is 8.72. The summed E-state index contributed by atoms with van der Waals surface area (Å²) in [4.78, 5) is 20.3. The molecule has 1 aromatic heterocycles. The fraction of sp³-hybridized carbons (Fsp3) is 0.238. The van der Waals surface area contributed by atoms with Gasteiger partial charge in [-0.05, 0) is 18.1 Å². The Kier molecular flexibility index (Phi) is 5.69. The fourth-order valence-corrected chi connectivity index (χ4v) is 2.91. The molecule has 0 aliphatic carbocycles. The van der Waals surface area contributed by atoms with Crippen LogP contribution in [0.5, 0.6) is 5.75 Å². The molecule has 0 saturated carbocycles. The summed E-state index contributed by atoms with van der Waals surface area (Å²) in [6.07, 6.45) is 2.83. The molecule has 1 atom stereocenters. The number of hydrogen-bond acceptors (Lipinski definition) is 3. The first-order valence-electron chi connectivity index (χ1n) is 8.72. The van der Waals surface area contributed by atoms with E-state index in [9.17, 15) is 4.79 Å². The van der Waals surface area contributed by atoms with Crippen LogP contribution in [0, 0.1) is 0 Å². The Balaban J connectivity index is 1.69. The highest BCUT2D eigenvalue weighted by atomic mass is 16.5. The number of para-hydroxylation sites is 1. The summed E-state index contributed by atoms with van der Waals surface area (Å²) in [5, 5.41) is 3.06. The highest BCUT2D eigenvalue weighted by Crippen LogP contribution is 2.21. The lowest BCUT2D eigenvalue weighted by Gasteiger charge is -2.15. The van der Waals surface area contributed by atoms with Crippen molar-refractivity contribution in [3.63, 3.8) is 0 Å². The van der Waals surface area contributed by atoms with Gasteiger partial charge in [0.2, 0.25) is 5.91 Å². The maximum absolute atomic E-state index is 12.5. The Hall–Kier alpha value is -3.08. The van der Waals surface area contributed by atoms with E-state index < -0.39 is 0 Å². The van der Waals surface area contributed by atoms with Crippen molar-refractivity contribution >= 4 is 5.91 Å². The third kappa shape index (κ3) is 4.11. The number of amides is 1. The second-order valence-electron chi connectivity index (χ2n) is 6.07. The second-order valence-corrected chi connectivity index (χ2v) is 6.07. The minimum absolute atomic E-state index is 0.0565. The predicted molar refractivity (Wildman–Crippen MR) is 102 cm³/mol. The van der Waals surface area contributed by atoms with E-state index in [2.05, 4.69) is 15.3 Å². The van der Waals surface area contributed by atoms with Crippen LogP contribution in [0.3, 0.4) is 0 Å². The van der Waals surface area contributed by atoms with E-state index in [4.69, 9.17) is 4.74 Å². The molecule has 0 bridgehead atoms. The van der Waals surface area contributed by atoms with Crippen LogP contribution in [0.15, 0.2) is 60.8 Å². The molecule has 0 radical (unpaired) electrons. The van der Waals surface area contributed by atoms with E-state index in [0.717, 1.165) is 34.8 Å². The van der Waals surface area contributed by atoms with Crippen molar-refractivity contribution in [2.24, 2.45) is 0 Å². The lowest BCUT2D eigenvalue weighted by atomic mass is 10.1. The van der Waals surface area contributed by atoms with Crippen molar-refractivity contribution in [2.45, 2.75) is 25.8 Å². The average molecular weight is 349 g/mol. The van der Waals surface area contributed by atoms with E-state index in [-0.39, 0.29) is 18.4 Å². The van der Waals surface area contributed by atoms with Crippen molar-refractivity contribution in [1.82, 2.24) is 15.3 Å². The van der Waals surface area contributed by atoms with Crippen molar-refractivity contribution in [1.29, 1.82) is 0 Å². The summed E-state index contributed by atoms with van der Waals surface area (Å²) in [5.74, 6) is 1.43. The number of hydrogen-bond donors (Lipinski definition) is 2. The molecule has 5 heteroatoms. The number of benzene rings is 2. The number of aromatic nitrogens is 2. The Morgan fingerprint density at radius 1 is 1.15 bits per heavy atom. The molecule has 0 spiro atoms. The standard InChI is InChI=1S/C21H23N3O2/c1-3-17(21-22-14-18(24-21)15-9-5-4-6-10-15)23-20(25)13-16-11-7-8-12-19(16)26-2/h4-12,14,17H,3,13H2,1-2H3,(H,22,24)(H,23,25). The molecule has 3 aromatic rings. The number of ether oxygens (including phenoxy) is 1. The van der Waals surface area contributed by atoms with E-state index in [1.165, 1.54) is 0 Å². The molecule has 3 rings (SSSR count). The number of carbonyl (C=O) groups excluding carboxylic acids is 1. The van der Waals surface area contributed by atoms with Gasteiger partial charge in [-0.15, -0.1) is 0 Å². The molecule has 0 aliphatic heterocycles. The fourth-order valence-electron chi connectivity index (χ4n) is 2.91. The second kappa shape index (κ2) is 8.34. The van der Waals surface area contributed by atoms with E-state index in [1.54, 1.807) is 13.3 Å². The topological polar surface area (TPSA) is 67.0 Å². The van der Waals surface area contributed by atoms with Gasteiger partial charge in [0.25, 0.3) is 0 Å². The number of nitrogens with one attached hydrogen (secondary N) is 2. The molecule has 1 unspecified atom stereocenters. The van der Waals surface area contributed by atoms with Crippen LogP contribution in [0.1, 0.15) is 30.8 Å². The van der Waals surface area contributed by atoms with Crippen LogP contribution in [-0.4, -0.2) is 23.0 Å². The van der Waals surface area contributed by atoms with Gasteiger partial charge in [0.1, 0.15) is 11.6 Å². The molecule has 0 saturated heterocycles. The largest absolute Gasteiger partial charge is 0.496 e. The van der Waals surface area contributed by atoms with Crippen LogP contribution in [0.25, 0.3) is 11.3 Å². The monoisotopic (exact) mass is 349 g/mol. The quantitative estimate of drug-likeness (QED) is 0.680. The van der Waals surface area contributed by atoms with Crippen molar-refractivity contribution in [2.75, 3.05) is 7.11 Å². The smallest absolute Gasteiger partial charge is 0.225 e. The van der Waals surface area contributed by atoms with Crippen molar-refractivity contribution in [3.8, 4) is 17.0 Å². The van der Waals surface area contributed by atoms with Crippen molar-refractivity contribution in [3.05, 3.63) is 72.2 Å². The average Bonchev–Trinajstić information content (AvgIpc) is 3.17. The Bertz CT molecular complexity index is 858. The lowest BCUT2D eigenvalue weighted by Crippen LogP contribution is -2.30. The Morgan fingerprint density at radius 2 is 1.88 bits per heavy atom. The Morgan fingerprint density at radius 3 is 2.62 bits per heavy atom. The lowest BCUT2D eigenvalue weighted by molar-refractivity contribution is -0.121. The normalized spacial score (nSPS) is 11.8. The molecule has 134 valence electrons. The van der Waals surface area contributed by atoms with Crippen LogP contribution in [0.2, 0.25) is 0 Å². The van der Waals surface area contributed by atoms with Gasteiger partial charge < -0.3 is 15.0 Å². The van der Waals surface area contributed by atoms with Crippen LogP contribution >= 0.6 is 0 Å². The maximum atomic E-state index is 12.5. The van der Waals surface area contributed by atoms with E-state index in [1.807, 2.05) is 61.5 Å². The summed E-state index contributed by atoms with van der Waals surface area (Å²) in [6, 6.07) is 17.4. The number of aromatic amines is 1. The van der Waals surface area contributed by atoms with Crippen LogP contribution in [0.4, 0.5) is 0 Å². The first kappa shape index (κ1) is 17.7. The summed E-state index contributed by atoms with van der Waals surface area (Å²) in [6.45, 7) is 2.03. The van der Waals surface area contributed by atoms with Gasteiger partial charge in [-0.1, -0.05) is 55.5 Å². The van der Waals surface area contributed by atoms with Crippen LogP contribution in [-0.2, 0) is 11.2 Å². The van der Waals surface area contributed by atoms with Gasteiger partial charge in [0.05, 0.1) is 31.5 Å². The number of carbonyl (C=O) groups is 1. The molecular weight excluding hydrogens is 326 g/mol. The third-order valence-corrected chi connectivity index (χ3v) is 4.30. The minimum Gasteiger partial charge on any atom is -0.496 e. The molecule has 2 aromatic carbocycles. The van der Waals surface area contributed by atoms with Crippen LogP contribution < -0.4 is 10.1 Å². The molecule has 2 N–H and O–H groups in total. The third-order valence-electron chi connectivity index (χ3n) is 4.30. The summed E-state index contributed by atoms with van der Waals surface area (Å²) < 4.78 is 5.32. The number of methoxy groups -OCH3 is 1. The summed E-state index contributed by atoms with van der Waals surface area (Å²) in [7, 11) is 1.61. The highest BCUT2D eigenvalue weighted by molar-refractivity contribution is 5.79. The van der Waals surface area contributed by atoms with Gasteiger partial charge in [0, 0.05) is 5.56 Å². The van der Waals surface area contributed by atoms with Crippen molar-refractivity contribution < 1.29 is 9.53 Å². The highest BCUT2D eigenvalue weighted by Gasteiger charge is 2.17. The molecule has 1 amide bonds. The van der Waals surface area contributed by atoms with Gasteiger partial charge in [-0.2, -0.15) is 0 Å². The first-order chi connectivity index (χ1) is 12.7. The summed E-state index contributed by atoms with van der Waals surface area (Å²) in [5.41, 5.74) is 2.88. The number of nitrogens with zero attached hydrogens (tertiary/aromatic N) is 1. The SMILES string of the molecule is CCC(NC(=O)Cc1ccccc1OC)c1ncc(-c2ccccc2)[nH]1. The molecule has 0 fully saturated rings. The Labute approximate surface area is 153 Å². The zero-order chi connectivity index (χ0) is 18.4. The van der Waals surface area contributed by atoms with E-state index >= 15 is 0 Å². The zero-order valence-electron chi connectivity index (χ0n) is 15.0. The summed E-state index contributed by atoms with van der Waals surface area (Å²) >= 11 is 0.